The molecule has 1 fully saturated rings. The van der Waals surface area contributed by atoms with Crippen molar-refractivity contribution in [2.75, 3.05) is 13.3 Å². The summed E-state index contributed by atoms with van der Waals surface area (Å²) in [6.45, 7) is 6.69. The first-order valence-electron chi connectivity index (χ1n) is 11.8. The van der Waals surface area contributed by atoms with Crippen molar-refractivity contribution in [3.05, 3.63) is 53.9 Å². The lowest BCUT2D eigenvalue weighted by Crippen LogP contribution is -2.51. The molecule has 2 amide bonds. The number of nitrogens with zero attached hydrogens (tertiary/aromatic N) is 2. The fourth-order valence-corrected chi connectivity index (χ4v) is 4.27. The number of aromatic nitrogens is 1. The average molecular weight is 524 g/mol. The first-order chi connectivity index (χ1) is 17.3. The third-order valence-corrected chi connectivity index (χ3v) is 5.85. The van der Waals surface area contributed by atoms with E-state index in [1.807, 2.05) is 0 Å². The summed E-state index contributed by atoms with van der Waals surface area (Å²) in [7, 11) is 0. The fourth-order valence-electron chi connectivity index (χ4n) is 4.27. The van der Waals surface area contributed by atoms with Gasteiger partial charge in [-0.05, 0) is 51.8 Å². The number of halogens is 3. The highest BCUT2D eigenvalue weighted by molar-refractivity contribution is 5.80. The van der Waals surface area contributed by atoms with Gasteiger partial charge in [-0.2, -0.15) is 8.78 Å². The van der Waals surface area contributed by atoms with Crippen LogP contribution in [-0.4, -0.2) is 64.1 Å². The summed E-state index contributed by atoms with van der Waals surface area (Å²) in [5.41, 5.74) is 0.379. The van der Waals surface area contributed by atoms with Crippen LogP contribution in [0, 0.1) is 0 Å². The number of carbonyl (C=O) groups excluding carboxylic acids is 2. The lowest BCUT2D eigenvalue weighted by molar-refractivity contribution is -0.159. The Hall–Kier alpha value is -3.18. The Morgan fingerprint density at radius 2 is 1.78 bits per heavy atom. The minimum absolute atomic E-state index is 0.376. The molecule has 3 atom stereocenters. The second kappa shape index (κ2) is 11.1. The van der Waals surface area contributed by atoms with Gasteiger partial charge < -0.3 is 24.8 Å². The van der Waals surface area contributed by atoms with Crippen molar-refractivity contribution in [3.63, 3.8) is 0 Å². The molecule has 1 saturated heterocycles. The summed E-state index contributed by atoms with van der Waals surface area (Å²) in [5.74, 6) is -1.47. The number of pyridine rings is 1. The monoisotopic (exact) mass is 523 g/mol. The van der Waals surface area contributed by atoms with E-state index >= 15 is 0 Å². The Labute approximate surface area is 213 Å². The number of carbonyl (C=O) groups is 2. The van der Waals surface area contributed by atoms with Crippen LogP contribution in [0.4, 0.5) is 18.0 Å². The summed E-state index contributed by atoms with van der Waals surface area (Å²) in [6.07, 6.45) is -3.28. The van der Waals surface area contributed by atoms with Gasteiger partial charge in [0.2, 0.25) is 0 Å². The van der Waals surface area contributed by atoms with Crippen LogP contribution in [0.1, 0.15) is 58.0 Å². The zero-order valence-corrected chi connectivity index (χ0v) is 21.4. The molecular formula is C26H32F3N3O5. The first-order valence-corrected chi connectivity index (χ1v) is 11.8. The summed E-state index contributed by atoms with van der Waals surface area (Å²) in [5, 5.41) is 12.3. The van der Waals surface area contributed by atoms with E-state index in [-0.39, 0.29) is 6.61 Å². The zero-order valence-electron chi connectivity index (χ0n) is 21.4. The summed E-state index contributed by atoms with van der Waals surface area (Å²) < 4.78 is 51.2. The Morgan fingerprint density at radius 3 is 2.27 bits per heavy atom. The van der Waals surface area contributed by atoms with Crippen LogP contribution < -0.4 is 5.32 Å². The van der Waals surface area contributed by atoms with Gasteiger partial charge in [0.05, 0.1) is 24.4 Å². The predicted molar refractivity (Wildman–Crippen MR) is 129 cm³/mol. The van der Waals surface area contributed by atoms with E-state index in [0.717, 1.165) is 16.0 Å². The van der Waals surface area contributed by atoms with Crippen LogP contribution in [0.2, 0.25) is 0 Å². The summed E-state index contributed by atoms with van der Waals surface area (Å²) >= 11 is 0. The minimum Gasteiger partial charge on any atom is -0.444 e. The van der Waals surface area contributed by atoms with Gasteiger partial charge in [0, 0.05) is 11.8 Å². The van der Waals surface area contributed by atoms with Gasteiger partial charge in [0.1, 0.15) is 24.1 Å². The molecule has 1 aromatic carbocycles. The molecular weight excluding hydrogens is 491 g/mol. The standard InChI is InChI=1S/C26H32F3N3O5/c1-25(2,3)37-24(35)31-19(14-33)18-11-10-17(13-30-18)15-6-8-16(9-7-15)21-20(12-27)32(23(34)22(28)29)26(4,5)36-21/h6-11,13,19-22,33H,12,14H2,1-5H3,(H,31,35)/t19-,20-,21-/m1/s1. The molecule has 0 bridgehead atoms. The second-order valence-electron chi connectivity index (χ2n) is 10.2. The average Bonchev–Trinajstić information content (AvgIpc) is 3.11. The highest BCUT2D eigenvalue weighted by Crippen LogP contribution is 2.42. The number of alkyl carbamates (subject to hydrolysis) is 1. The van der Waals surface area contributed by atoms with Gasteiger partial charge in [-0.1, -0.05) is 30.3 Å². The van der Waals surface area contributed by atoms with Gasteiger partial charge in [-0.25, -0.2) is 9.18 Å². The maximum Gasteiger partial charge on any atom is 0.408 e. The van der Waals surface area contributed by atoms with Crippen molar-refractivity contribution in [2.24, 2.45) is 0 Å². The molecule has 0 aliphatic carbocycles. The number of ether oxygens (including phenoxy) is 2. The minimum atomic E-state index is -3.27. The normalized spacial score (nSPS) is 20.1. The van der Waals surface area contributed by atoms with E-state index in [2.05, 4.69) is 10.3 Å². The van der Waals surface area contributed by atoms with Crippen molar-refractivity contribution in [1.82, 2.24) is 15.2 Å². The highest BCUT2D eigenvalue weighted by atomic mass is 19.3. The van der Waals surface area contributed by atoms with Gasteiger partial charge in [-0.3, -0.25) is 9.78 Å². The van der Waals surface area contributed by atoms with Crippen LogP contribution in [0.15, 0.2) is 42.6 Å². The molecule has 1 aliphatic rings. The van der Waals surface area contributed by atoms with E-state index in [1.165, 1.54) is 13.8 Å². The van der Waals surface area contributed by atoms with Crippen LogP contribution in [-0.2, 0) is 14.3 Å². The lowest BCUT2D eigenvalue weighted by atomic mass is 9.99. The number of rotatable bonds is 7. The van der Waals surface area contributed by atoms with Gasteiger partial charge in [0.25, 0.3) is 5.91 Å². The molecule has 0 spiro atoms. The van der Waals surface area contributed by atoms with Crippen LogP contribution in [0.3, 0.4) is 0 Å². The molecule has 2 aromatic rings. The highest BCUT2D eigenvalue weighted by Gasteiger charge is 2.52. The van der Waals surface area contributed by atoms with E-state index in [9.17, 15) is 27.9 Å². The SMILES string of the molecule is CC(C)(C)OC(=O)N[C@H](CO)c1ccc(-c2ccc([C@H]3OC(C)(C)N(C(=O)C(F)F)[C@@H]3CF)cc2)cn1. The molecule has 202 valence electrons. The lowest BCUT2D eigenvalue weighted by Gasteiger charge is -2.32. The largest absolute Gasteiger partial charge is 0.444 e. The number of hydrogen-bond acceptors (Lipinski definition) is 6. The molecule has 8 nitrogen and oxygen atoms in total. The van der Waals surface area contributed by atoms with E-state index < -0.39 is 54.6 Å². The molecule has 1 aliphatic heterocycles. The maximum atomic E-state index is 13.9. The van der Waals surface area contributed by atoms with Crippen molar-refractivity contribution >= 4 is 12.0 Å². The maximum absolute atomic E-state index is 13.9. The third kappa shape index (κ3) is 6.58. The Morgan fingerprint density at radius 1 is 1.16 bits per heavy atom. The summed E-state index contributed by atoms with van der Waals surface area (Å²) in [4.78, 5) is 29.2. The molecule has 0 radical (unpaired) electrons. The first kappa shape index (κ1) is 28.4. The number of hydrogen-bond donors (Lipinski definition) is 2. The van der Waals surface area contributed by atoms with Crippen molar-refractivity contribution in [3.8, 4) is 11.1 Å². The number of aliphatic hydroxyl groups is 1. The molecule has 0 saturated carbocycles. The number of benzene rings is 1. The number of aliphatic hydroxyl groups excluding tert-OH is 1. The Bertz CT molecular complexity index is 1090. The van der Waals surface area contributed by atoms with E-state index in [4.69, 9.17) is 9.47 Å². The van der Waals surface area contributed by atoms with E-state index in [1.54, 1.807) is 63.4 Å². The predicted octanol–water partition coefficient (Wildman–Crippen LogP) is 4.55. The quantitative estimate of drug-likeness (QED) is 0.553. The number of amides is 2. The topological polar surface area (TPSA) is 101 Å². The fraction of sp³-hybridized carbons (Fsp3) is 0.500. The van der Waals surface area contributed by atoms with Crippen molar-refractivity contribution in [2.45, 2.75) is 70.6 Å². The van der Waals surface area contributed by atoms with E-state index in [0.29, 0.717) is 11.3 Å². The Kier molecular flexibility index (Phi) is 8.49. The molecule has 11 heteroatoms. The molecule has 37 heavy (non-hydrogen) atoms. The molecule has 2 N–H and O–H groups in total. The molecule has 3 rings (SSSR count). The number of nitrogens with one attached hydrogen (secondary N) is 1. The Balaban J connectivity index is 1.75. The zero-order chi connectivity index (χ0) is 27.5. The van der Waals surface area contributed by atoms with Gasteiger partial charge >= 0.3 is 12.5 Å². The van der Waals surface area contributed by atoms with Crippen molar-refractivity contribution < 1.29 is 37.3 Å². The van der Waals surface area contributed by atoms with Gasteiger partial charge in [0.15, 0.2) is 0 Å². The third-order valence-electron chi connectivity index (χ3n) is 5.85. The van der Waals surface area contributed by atoms with Crippen molar-refractivity contribution in [1.29, 1.82) is 0 Å². The smallest absolute Gasteiger partial charge is 0.408 e. The number of alkyl halides is 3. The van der Waals surface area contributed by atoms with Crippen LogP contribution in [0.5, 0.6) is 0 Å². The van der Waals surface area contributed by atoms with Crippen LogP contribution in [0.25, 0.3) is 11.1 Å². The second-order valence-corrected chi connectivity index (χ2v) is 10.2. The molecule has 2 heterocycles. The molecule has 1 aromatic heterocycles. The van der Waals surface area contributed by atoms with Crippen LogP contribution >= 0.6 is 0 Å². The summed E-state index contributed by atoms with van der Waals surface area (Å²) in [6, 6.07) is 8.35. The molecule has 0 unspecified atom stereocenters. The van der Waals surface area contributed by atoms with Gasteiger partial charge in [-0.15, -0.1) is 0 Å².